The standard InChI is InChI=1S/C21H22N2O6/c1-13(2)19-20(24)22(17-12-15(23(27)28)9-11-18(17)29-19)16(21(25)26)10-8-14-6-4-3-5-7-14/h3-7,9,11-13,16,19H,8,10H2,1-2H3,(H,25,26). The number of hydrogen-bond acceptors (Lipinski definition) is 5. The van der Waals surface area contributed by atoms with Crippen molar-refractivity contribution >= 4 is 23.3 Å². The van der Waals surface area contributed by atoms with Gasteiger partial charge in [0.15, 0.2) is 6.10 Å². The summed E-state index contributed by atoms with van der Waals surface area (Å²) >= 11 is 0. The first-order chi connectivity index (χ1) is 13.8. The molecule has 0 bridgehead atoms. The molecule has 29 heavy (non-hydrogen) atoms. The van der Waals surface area contributed by atoms with E-state index in [0.717, 1.165) is 10.5 Å². The molecular weight excluding hydrogens is 376 g/mol. The number of nitro benzene ring substituents is 1. The summed E-state index contributed by atoms with van der Waals surface area (Å²) in [4.78, 5) is 37.0. The summed E-state index contributed by atoms with van der Waals surface area (Å²) < 4.78 is 5.76. The lowest BCUT2D eigenvalue weighted by atomic mass is 9.98. The Balaban J connectivity index is 2.02. The van der Waals surface area contributed by atoms with Crippen LogP contribution in [0.25, 0.3) is 0 Å². The molecule has 1 N–H and O–H groups in total. The fourth-order valence-corrected chi connectivity index (χ4v) is 3.40. The smallest absolute Gasteiger partial charge is 0.326 e. The minimum absolute atomic E-state index is 0.113. The molecule has 3 rings (SSSR count). The molecule has 0 fully saturated rings. The van der Waals surface area contributed by atoms with E-state index in [-0.39, 0.29) is 29.5 Å². The fraction of sp³-hybridized carbons (Fsp3) is 0.333. The Kier molecular flexibility index (Phi) is 5.81. The van der Waals surface area contributed by atoms with Crippen molar-refractivity contribution in [1.29, 1.82) is 0 Å². The number of carbonyl (C=O) groups is 2. The molecule has 1 aliphatic heterocycles. The summed E-state index contributed by atoms with van der Waals surface area (Å²) in [5, 5.41) is 21.1. The van der Waals surface area contributed by atoms with E-state index in [2.05, 4.69) is 0 Å². The monoisotopic (exact) mass is 398 g/mol. The number of carboxylic acid groups (broad SMARTS) is 1. The summed E-state index contributed by atoms with van der Waals surface area (Å²) in [5.74, 6) is -1.61. The molecular formula is C21H22N2O6. The highest BCUT2D eigenvalue weighted by Gasteiger charge is 2.42. The molecule has 0 saturated carbocycles. The van der Waals surface area contributed by atoms with Gasteiger partial charge in [0.1, 0.15) is 11.8 Å². The number of ether oxygens (including phenoxy) is 1. The second-order valence-corrected chi connectivity index (χ2v) is 7.28. The van der Waals surface area contributed by atoms with Crippen LogP contribution in [0.4, 0.5) is 11.4 Å². The van der Waals surface area contributed by atoms with Crippen LogP contribution in [0.2, 0.25) is 0 Å². The Labute approximate surface area is 167 Å². The van der Waals surface area contributed by atoms with Gasteiger partial charge in [-0.3, -0.25) is 19.8 Å². The van der Waals surface area contributed by atoms with Crippen LogP contribution >= 0.6 is 0 Å². The van der Waals surface area contributed by atoms with E-state index in [1.54, 1.807) is 13.8 Å². The van der Waals surface area contributed by atoms with Crippen molar-refractivity contribution in [3.05, 3.63) is 64.2 Å². The first-order valence-electron chi connectivity index (χ1n) is 9.34. The minimum Gasteiger partial charge on any atom is -0.480 e. The van der Waals surface area contributed by atoms with E-state index in [1.807, 2.05) is 30.3 Å². The predicted octanol–water partition coefficient (Wildman–Crippen LogP) is 3.43. The van der Waals surface area contributed by atoms with Gasteiger partial charge in [0.25, 0.3) is 11.6 Å². The van der Waals surface area contributed by atoms with Crippen molar-refractivity contribution in [1.82, 2.24) is 0 Å². The number of rotatable bonds is 7. The third-order valence-electron chi connectivity index (χ3n) is 4.90. The fourth-order valence-electron chi connectivity index (χ4n) is 3.40. The van der Waals surface area contributed by atoms with E-state index in [1.165, 1.54) is 18.2 Å². The van der Waals surface area contributed by atoms with Crippen molar-refractivity contribution in [3.8, 4) is 5.75 Å². The molecule has 152 valence electrons. The Morgan fingerprint density at radius 2 is 1.93 bits per heavy atom. The lowest BCUT2D eigenvalue weighted by molar-refractivity contribution is -0.384. The zero-order chi connectivity index (χ0) is 21.1. The molecule has 0 aliphatic carbocycles. The van der Waals surface area contributed by atoms with E-state index in [9.17, 15) is 24.8 Å². The number of fused-ring (bicyclic) bond motifs is 1. The van der Waals surface area contributed by atoms with E-state index in [0.29, 0.717) is 6.42 Å². The third kappa shape index (κ3) is 4.21. The van der Waals surface area contributed by atoms with Gasteiger partial charge < -0.3 is 9.84 Å². The number of aliphatic carboxylic acids is 1. The first-order valence-corrected chi connectivity index (χ1v) is 9.34. The van der Waals surface area contributed by atoms with Crippen LogP contribution in [0.15, 0.2) is 48.5 Å². The SMILES string of the molecule is CC(C)C1Oc2ccc([N+](=O)[O-])cc2N(C(CCc2ccccc2)C(=O)O)C1=O. The Bertz CT molecular complexity index is 928. The Morgan fingerprint density at radius 1 is 1.24 bits per heavy atom. The van der Waals surface area contributed by atoms with Crippen LogP contribution < -0.4 is 9.64 Å². The van der Waals surface area contributed by atoms with Gasteiger partial charge in [-0.1, -0.05) is 44.2 Å². The molecule has 1 aliphatic rings. The number of anilines is 1. The molecule has 0 saturated heterocycles. The molecule has 8 nitrogen and oxygen atoms in total. The molecule has 2 unspecified atom stereocenters. The van der Waals surface area contributed by atoms with Gasteiger partial charge in [0, 0.05) is 12.1 Å². The largest absolute Gasteiger partial charge is 0.480 e. The lowest BCUT2D eigenvalue weighted by Gasteiger charge is -2.38. The van der Waals surface area contributed by atoms with Gasteiger partial charge in [-0.05, 0) is 30.4 Å². The number of non-ortho nitro benzene ring substituents is 1. The highest BCUT2D eigenvalue weighted by molar-refractivity contribution is 6.04. The highest BCUT2D eigenvalue weighted by atomic mass is 16.6. The second kappa shape index (κ2) is 8.30. The highest BCUT2D eigenvalue weighted by Crippen LogP contribution is 2.40. The second-order valence-electron chi connectivity index (χ2n) is 7.28. The third-order valence-corrected chi connectivity index (χ3v) is 4.90. The molecule has 0 radical (unpaired) electrons. The van der Waals surface area contributed by atoms with Gasteiger partial charge in [-0.25, -0.2) is 4.79 Å². The number of benzene rings is 2. The van der Waals surface area contributed by atoms with Crippen molar-refractivity contribution < 1.29 is 24.4 Å². The van der Waals surface area contributed by atoms with Gasteiger partial charge in [0.2, 0.25) is 0 Å². The van der Waals surface area contributed by atoms with Gasteiger partial charge in [-0.2, -0.15) is 0 Å². The van der Waals surface area contributed by atoms with Crippen LogP contribution in [0.1, 0.15) is 25.8 Å². The predicted molar refractivity (Wildman–Crippen MR) is 106 cm³/mol. The summed E-state index contributed by atoms with van der Waals surface area (Å²) in [7, 11) is 0. The van der Waals surface area contributed by atoms with Gasteiger partial charge in [0.05, 0.1) is 10.6 Å². The van der Waals surface area contributed by atoms with Crippen molar-refractivity contribution in [2.45, 2.75) is 38.8 Å². The molecule has 1 heterocycles. The van der Waals surface area contributed by atoms with Gasteiger partial charge in [-0.15, -0.1) is 0 Å². The molecule has 2 atom stereocenters. The van der Waals surface area contributed by atoms with Crippen LogP contribution in [0.3, 0.4) is 0 Å². The van der Waals surface area contributed by atoms with Crippen LogP contribution in [-0.4, -0.2) is 34.1 Å². The molecule has 8 heteroatoms. The molecule has 2 aromatic carbocycles. The molecule has 0 spiro atoms. The van der Waals surface area contributed by atoms with Crippen molar-refractivity contribution in [2.24, 2.45) is 5.92 Å². The first kappa shape index (κ1) is 20.3. The Hall–Kier alpha value is -3.42. The average Bonchev–Trinajstić information content (AvgIpc) is 2.69. The Morgan fingerprint density at radius 3 is 2.52 bits per heavy atom. The number of nitro groups is 1. The van der Waals surface area contributed by atoms with Crippen LogP contribution in [-0.2, 0) is 16.0 Å². The van der Waals surface area contributed by atoms with Crippen molar-refractivity contribution in [2.75, 3.05) is 4.90 Å². The number of amides is 1. The van der Waals surface area contributed by atoms with Crippen LogP contribution in [0, 0.1) is 16.0 Å². The molecule has 2 aromatic rings. The maximum absolute atomic E-state index is 13.1. The summed E-state index contributed by atoms with van der Waals surface area (Å²) in [6.07, 6.45) is -0.251. The van der Waals surface area contributed by atoms with Gasteiger partial charge >= 0.3 is 5.97 Å². The van der Waals surface area contributed by atoms with E-state index < -0.39 is 28.9 Å². The topological polar surface area (TPSA) is 110 Å². The number of hydrogen-bond donors (Lipinski definition) is 1. The van der Waals surface area contributed by atoms with E-state index in [4.69, 9.17) is 4.74 Å². The maximum Gasteiger partial charge on any atom is 0.326 e. The molecule has 0 aromatic heterocycles. The maximum atomic E-state index is 13.1. The van der Waals surface area contributed by atoms with Crippen molar-refractivity contribution in [3.63, 3.8) is 0 Å². The number of nitrogens with zero attached hydrogens (tertiary/aromatic N) is 2. The summed E-state index contributed by atoms with van der Waals surface area (Å²) in [5.41, 5.74) is 0.820. The normalized spacial score (nSPS) is 16.9. The number of carboxylic acids is 1. The van der Waals surface area contributed by atoms with Crippen LogP contribution in [0.5, 0.6) is 5.75 Å². The zero-order valence-corrected chi connectivity index (χ0v) is 16.1. The molecule has 1 amide bonds. The quantitative estimate of drug-likeness (QED) is 0.565. The zero-order valence-electron chi connectivity index (χ0n) is 16.1. The summed E-state index contributed by atoms with van der Waals surface area (Å²) in [6.45, 7) is 3.60. The lowest BCUT2D eigenvalue weighted by Crippen LogP contribution is -2.55. The minimum atomic E-state index is -1.17. The average molecular weight is 398 g/mol. The number of carbonyl (C=O) groups excluding carboxylic acids is 1. The summed E-state index contributed by atoms with van der Waals surface area (Å²) in [6, 6.07) is 12.1. The van der Waals surface area contributed by atoms with E-state index >= 15 is 0 Å². The number of aryl methyl sites for hydroxylation is 1.